The summed E-state index contributed by atoms with van der Waals surface area (Å²) in [6.07, 6.45) is -4.44. The van der Waals surface area contributed by atoms with Crippen molar-refractivity contribution < 1.29 is 22.8 Å². The fourth-order valence-electron chi connectivity index (χ4n) is 1.61. The third-order valence-electron chi connectivity index (χ3n) is 2.76. The zero-order valence-electron chi connectivity index (χ0n) is 11.9. The molecule has 2 aromatic rings. The minimum Gasteiger partial charge on any atom is -0.294 e. The SMILES string of the molecule is O=C(NN/C(=C\C(=O)c1cccs1)C(F)(F)F)c1ccc(Cl)cc1. The van der Waals surface area contributed by atoms with Crippen LogP contribution in [0.2, 0.25) is 5.02 Å². The highest BCUT2D eigenvalue weighted by atomic mass is 35.5. The van der Waals surface area contributed by atoms with Gasteiger partial charge in [-0.3, -0.25) is 20.4 Å². The molecule has 0 spiro atoms. The first-order valence-electron chi connectivity index (χ1n) is 6.46. The average molecular weight is 375 g/mol. The molecule has 0 bridgehead atoms. The zero-order chi connectivity index (χ0) is 17.7. The Bertz CT molecular complexity index is 756. The molecule has 0 fully saturated rings. The number of halogens is 4. The minimum absolute atomic E-state index is 0.109. The third-order valence-corrected chi connectivity index (χ3v) is 3.90. The summed E-state index contributed by atoms with van der Waals surface area (Å²) in [5.41, 5.74) is 2.40. The van der Waals surface area contributed by atoms with Crippen LogP contribution in [0.3, 0.4) is 0 Å². The topological polar surface area (TPSA) is 58.2 Å². The fourth-order valence-corrected chi connectivity index (χ4v) is 2.37. The molecule has 2 rings (SSSR count). The van der Waals surface area contributed by atoms with Crippen LogP contribution in [-0.4, -0.2) is 17.9 Å². The molecule has 0 aliphatic rings. The van der Waals surface area contributed by atoms with E-state index >= 15 is 0 Å². The first kappa shape index (κ1) is 18.0. The van der Waals surface area contributed by atoms with E-state index in [4.69, 9.17) is 11.6 Å². The fraction of sp³-hybridized carbons (Fsp3) is 0.0667. The normalized spacial score (nSPS) is 11.9. The van der Waals surface area contributed by atoms with Gasteiger partial charge < -0.3 is 0 Å². The molecule has 2 N–H and O–H groups in total. The molecule has 0 atom stereocenters. The summed E-state index contributed by atoms with van der Waals surface area (Å²) >= 11 is 6.69. The van der Waals surface area contributed by atoms with Crippen LogP contribution >= 0.6 is 22.9 Å². The maximum Gasteiger partial charge on any atom is 0.432 e. The number of benzene rings is 1. The van der Waals surface area contributed by atoms with E-state index in [1.54, 1.807) is 16.9 Å². The molecule has 24 heavy (non-hydrogen) atoms. The second kappa shape index (κ2) is 7.50. The summed E-state index contributed by atoms with van der Waals surface area (Å²) in [7, 11) is 0. The van der Waals surface area contributed by atoms with Gasteiger partial charge in [0.2, 0.25) is 0 Å². The Morgan fingerprint density at radius 2 is 1.75 bits per heavy atom. The van der Waals surface area contributed by atoms with E-state index in [9.17, 15) is 22.8 Å². The van der Waals surface area contributed by atoms with Gasteiger partial charge in [0.05, 0.1) is 4.88 Å². The molecule has 9 heteroatoms. The number of rotatable bonds is 5. The summed E-state index contributed by atoms with van der Waals surface area (Å²) < 4.78 is 38.9. The highest BCUT2D eigenvalue weighted by Crippen LogP contribution is 2.24. The van der Waals surface area contributed by atoms with Gasteiger partial charge in [-0.1, -0.05) is 17.7 Å². The lowest BCUT2D eigenvalue weighted by Gasteiger charge is -2.14. The van der Waals surface area contributed by atoms with Gasteiger partial charge in [-0.05, 0) is 35.7 Å². The standard InChI is InChI=1S/C15H10ClF3N2O2S/c16-10-5-3-9(4-6-10)14(23)21-20-13(15(17,18)19)8-11(22)12-2-1-7-24-12/h1-8,20H,(H,21,23)/b13-8-. The summed E-state index contributed by atoms with van der Waals surface area (Å²) in [5, 5.41) is 1.96. The quantitative estimate of drug-likeness (QED) is 0.473. The molecular weight excluding hydrogens is 365 g/mol. The lowest BCUT2D eigenvalue weighted by atomic mass is 10.2. The van der Waals surface area contributed by atoms with Crippen LogP contribution in [0.1, 0.15) is 20.0 Å². The van der Waals surface area contributed by atoms with Crippen LogP contribution in [0.4, 0.5) is 13.2 Å². The van der Waals surface area contributed by atoms with E-state index in [-0.39, 0.29) is 10.4 Å². The highest BCUT2D eigenvalue weighted by Gasteiger charge is 2.35. The van der Waals surface area contributed by atoms with Gasteiger partial charge in [-0.25, -0.2) is 0 Å². The molecule has 1 amide bonds. The summed E-state index contributed by atoms with van der Waals surface area (Å²) in [6.45, 7) is 0. The number of nitrogens with one attached hydrogen (secondary N) is 2. The number of allylic oxidation sites excluding steroid dienone is 2. The second-order valence-corrected chi connectivity index (χ2v) is 5.87. The van der Waals surface area contributed by atoms with Gasteiger partial charge in [0.25, 0.3) is 5.91 Å². The summed E-state index contributed by atoms with van der Waals surface area (Å²) in [5.74, 6) is -1.61. The number of carbonyl (C=O) groups is 2. The zero-order valence-corrected chi connectivity index (χ0v) is 13.4. The van der Waals surface area contributed by atoms with Crippen molar-refractivity contribution in [1.29, 1.82) is 0 Å². The van der Waals surface area contributed by atoms with Crippen molar-refractivity contribution in [2.75, 3.05) is 0 Å². The van der Waals surface area contributed by atoms with Gasteiger partial charge >= 0.3 is 6.18 Å². The number of carbonyl (C=O) groups excluding carboxylic acids is 2. The highest BCUT2D eigenvalue weighted by molar-refractivity contribution is 7.12. The summed E-state index contributed by atoms with van der Waals surface area (Å²) in [6, 6.07) is 8.52. The monoisotopic (exact) mass is 374 g/mol. The number of thiophene rings is 1. The molecule has 0 saturated carbocycles. The van der Waals surface area contributed by atoms with Crippen molar-refractivity contribution in [3.8, 4) is 0 Å². The third kappa shape index (κ3) is 4.84. The molecule has 0 aliphatic carbocycles. The lowest BCUT2D eigenvalue weighted by Crippen LogP contribution is -2.41. The van der Waals surface area contributed by atoms with E-state index < -0.39 is 23.6 Å². The first-order valence-corrected chi connectivity index (χ1v) is 7.72. The maximum atomic E-state index is 13.0. The van der Waals surface area contributed by atoms with Crippen molar-refractivity contribution >= 4 is 34.6 Å². The smallest absolute Gasteiger partial charge is 0.294 e. The van der Waals surface area contributed by atoms with Crippen molar-refractivity contribution in [3.05, 3.63) is 69.0 Å². The predicted octanol–water partition coefficient (Wildman–Crippen LogP) is 3.97. The number of hydrogen-bond acceptors (Lipinski definition) is 4. The van der Waals surface area contributed by atoms with Gasteiger partial charge in [0, 0.05) is 16.7 Å². The predicted molar refractivity (Wildman–Crippen MR) is 84.8 cm³/mol. The van der Waals surface area contributed by atoms with Gasteiger partial charge in [0.1, 0.15) is 5.70 Å². The van der Waals surface area contributed by atoms with Crippen LogP contribution in [0.5, 0.6) is 0 Å². The molecule has 0 unspecified atom stereocenters. The molecule has 1 heterocycles. The number of alkyl halides is 3. The van der Waals surface area contributed by atoms with E-state index in [1.807, 2.05) is 5.43 Å². The van der Waals surface area contributed by atoms with Crippen molar-refractivity contribution in [1.82, 2.24) is 10.9 Å². The first-order chi connectivity index (χ1) is 11.3. The van der Waals surface area contributed by atoms with Crippen molar-refractivity contribution in [2.24, 2.45) is 0 Å². The molecule has 0 saturated heterocycles. The molecule has 4 nitrogen and oxygen atoms in total. The molecular formula is C15H10ClF3N2O2S. The van der Waals surface area contributed by atoms with Gasteiger partial charge in [-0.2, -0.15) is 13.2 Å². The molecule has 126 valence electrons. The Balaban J connectivity index is 2.11. The van der Waals surface area contributed by atoms with Crippen LogP contribution in [0, 0.1) is 0 Å². The average Bonchev–Trinajstić information content (AvgIpc) is 3.05. The van der Waals surface area contributed by atoms with Crippen LogP contribution in [0.25, 0.3) is 0 Å². The Hall–Kier alpha value is -2.32. The van der Waals surface area contributed by atoms with Crippen LogP contribution in [0.15, 0.2) is 53.6 Å². The Kier molecular flexibility index (Phi) is 5.63. The number of hydrogen-bond donors (Lipinski definition) is 2. The number of hydrazine groups is 1. The van der Waals surface area contributed by atoms with E-state index in [0.29, 0.717) is 11.1 Å². The Morgan fingerprint density at radius 1 is 1.08 bits per heavy atom. The van der Waals surface area contributed by atoms with Gasteiger partial charge in [-0.15, -0.1) is 11.3 Å². The Labute approximate surface area is 143 Å². The largest absolute Gasteiger partial charge is 0.432 e. The van der Waals surface area contributed by atoms with Crippen LogP contribution < -0.4 is 10.9 Å². The van der Waals surface area contributed by atoms with E-state index in [1.165, 1.54) is 30.3 Å². The van der Waals surface area contributed by atoms with Crippen molar-refractivity contribution in [3.63, 3.8) is 0 Å². The maximum absolute atomic E-state index is 13.0. The van der Waals surface area contributed by atoms with E-state index in [2.05, 4.69) is 0 Å². The lowest BCUT2D eigenvalue weighted by molar-refractivity contribution is -0.0977. The minimum atomic E-state index is -4.83. The number of ketones is 1. The summed E-state index contributed by atoms with van der Waals surface area (Å²) in [4.78, 5) is 23.7. The second-order valence-electron chi connectivity index (χ2n) is 4.48. The Morgan fingerprint density at radius 3 is 2.29 bits per heavy atom. The van der Waals surface area contributed by atoms with Crippen LogP contribution in [-0.2, 0) is 0 Å². The molecule has 1 aromatic carbocycles. The molecule has 0 aliphatic heterocycles. The number of amides is 1. The molecule has 0 radical (unpaired) electrons. The van der Waals surface area contributed by atoms with E-state index in [0.717, 1.165) is 11.3 Å². The van der Waals surface area contributed by atoms with Gasteiger partial charge in [0.15, 0.2) is 5.78 Å². The molecule has 1 aromatic heterocycles. The van der Waals surface area contributed by atoms with Crippen molar-refractivity contribution in [2.45, 2.75) is 6.18 Å².